The zero-order chi connectivity index (χ0) is 9.26. The Morgan fingerprint density at radius 1 is 1.54 bits per heavy atom. The van der Waals surface area contributed by atoms with Crippen LogP contribution >= 0.6 is 22.7 Å². The van der Waals surface area contributed by atoms with Crippen LogP contribution in [0.15, 0.2) is 17.6 Å². The van der Waals surface area contributed by atoms with Crippen molar-refractivity contribution < 1.29 is 4.79 Å². The maximum Gasteiger partial charge on any atom is 0.178 e. The normalized spacial score (nSPS) is 10.2. The standard InChI is InChI=1S/C9H7NOS2/c1-6-7(2-3-12-6)8-4-10-9(5-11)13-8/h2-5H,1H3. The van der Waals surface area contributed by atoms with E-state index < -0.39 is 0 Å². The van der Waals surface area contributed by atoms with Crippen molar-refractivity contribution >= 4 is 29.0 Å². The summed E-state index contributed by atoms with van der Waals surface area (Å²) >= 11 is 3.14. The lowest BCUT2D eigenvalue weighted by atomic mass is 10.2. The topological polar surface area (TPSA) is 30.0 Å². The molecule has 0 aliphatic rings. The van der Waals surface area contributed by atoms with Gasteiger partial charge in [-0.3, -0.25) is 4.79 Å². The second-order valence-electron chi connectivity index (χ2n) is 2.57. The first-order chi connectivity index (χ1) is 6.31. The maximum absolute atomic E-state index is 10.4. The van der Waals surface area contributed by atoms with Crippen LogP contribution in [0.2, 0.25) is 0 Å². The number of aldehydes is 1. The van der Waals surface area contributed by atoms with Gasteiger partial charge in [-0.2, -0.15) is 0 Å². The molecule has 66 valence electrons. The van der Waals surface area contributed by atoms with Crippen LogP contribution in [0.25, 0.3) is 10.4 Å². The number of rotatable bonds is 2. The van der Waals surface area contributed by atoms with E-state index in [4.69, 9.17) is 0 Å². The Balaban J connectivity index is 2.46. The van der Waals surface area contributed by atoms with Crippen molar-refractivity contribution in [1.29, 1.82) is 0 Å². The maximum atomic E-state index is 10.4. The van der Waals surface area contributed by atoms with Gasteiger partial charge in [-0.15, -0.1) is 22.7 Å². The molecule has 0 aliphatic heterocycles. The number of aromatic nitrogens is 1. The third-order valence-corrected chi connectivity index (χ3v) is 3.55. The minimum atomic E-state index is 0.542. The Labute approximate surface area is 83.9 Å². The summed E-state index contributed by atoms with van der Waals surface area (Å²) in [6.45, 7) is 2.07. The molecule has 0 atom stereocenters. The molecule has 0 amide bonds. The highest BCUT2D eigenvalue weighted by atomic mass is 32.1. The number of thiophene rings is 1. The monoisotopic (exact) mass is 209 g/mol. The molecule has 2 aromatic heterocycles. The van der Waals surface area contributed by atoms with Gasteiger partial charge in [0.15, 0.2) is 11.3 Å². The molecule has 0 saturated heterocycles. The number of thiazole rings is 1. The molecule has 2 heterocycles. The molecular formula is C9H7NOS2. The van der Waals surface area contributed by atoms with Crippen molar-refractivity contribution in [1.82, 2.24) is 4.98 Å². The Hall–Kier alpha value is -1.00. The fraction of sp³-hybridized carbons (Fsp3) is 0.111. The average molecular weight is 209 g/mol. The van der Waals surface area contributed by atoms with Gasteiger partial charge in [-0.1, -0.05) is 0 Å². The number of aryl methyl sites for hydroxylation is 1. The van der Waals surface area contributed by atoms with E-state index in [-0.39, 0.29) is 0 Å². The fourth-order valence-corrected chi connectivity index (χ4v) is 2.70. The highest BCUT2D eigenvalue weighted by molar-refractivity contribution is 7.17. The molecular weight excluding hydrogens is 202 g/mol. The molecule has 2 rings (SSSR count). The van der Waals surface area contributed by atoms with Crippen LogP contribution in [0.5, 0.6) is 0 Å². The van der Waals surface area contributed by atoms with Gasteiger partial charge >= 0.3 is 0 Å². The summed E-state index contributed by atoms with van der Waals surface area (Å²) in [7, 11) is 0. The molecule has 0 unspecified atom stereocenters. The summed E-state index contributed by atoms with van der Waals surface area (Å²) in [4.78, 5) is 16.7. The molecule has 2 aromatic rings. The lowest BCUT2D eigenvalue weighted by Crippen LogP contribution is -1.69. The Morgan fingerprint density at radius 2 is 2.38 bits per heavy atom. The first-order valence-electron chi connectivity index (χ1n) is 3.76. The molecule has 0 fully saturated rings. The molecule has 0 aromatic carbocycles. The summed E-state index contributed by atoms with van der Waals surface area (Å²) in [5, 5.41) is 2.59. The van der Waals surface area contributed by atoms with E-state index in [1.807, 2.05) is 5.38 Å². The smallest absolute Gasteiger partial charge is 0.178 e. The van der Waals surface area contributed by atoms with Crippen LogP contribution in [0.1, 0.15) is 14.7 Å². The predicted molar refractivity (Wildman–Crippen MR) is 55.6 cm³/mol. The molecule has 0 aliphatic carbocycles. The van der Waals surface area contributed by atoms with E-state index >= 15 is 0 Å². The average Bonchev–Trinajstić information content (AvgIpc) is 2.71. The summed E-state index contributed by atoms with van der Waals surface area (Å²) in [6, 6.07) is 2.06. The van der Waals surface area contributed by atoms with E-state index in [0.717, 1.165) is 11.2 Å². The number of carbonyl (C=O) groups is 1. The summed E-state index contributed by atoms with van der Waals surface area (Å²) in [6.07, 6.45) is 2.54. The van der Waals surface area contributed by atoms with Crippen molar-refractivity contribution in [2.45, 2.75) is 6.92 Å². The van der Waals surface area contributed by atoms with Gasteiger partial charge < -0.3 is 0 Å². The van der Waals surface area contributed by atoms with Gasteiger partial charge in [0.05, 0.1) is 4.88 Å². The summed E-state index contributed by atoms with van der Waals surface area (Å²) in [5.74, 6) is 0. The summed E-state index contributed by atoms with van der Waals surface area (Å²) < 4.78 is 0. The first kappa shape index (κ1) is 8.59. The lowest BCUT2D eigenvalue weighted by molar-refractivity contribution is 0.112. The van der Waals surface area contributed by atoms with Crippen LogP contribution in [-0.4, -0.2) is 11.3 Å². The molecule has 0 saturated carbocycles. The number of nitrogens with zero attached hydrogens (tertiary/aromatic N) is 1. The van der Waals surface area contributed by atoms with Crippen molar-refractivity contribution in [3.8, 4) is 10.4 Å². The van der Waals surface area contributed by atoms with Crippen LogP contribution in [0, 0.1) is 6.92 Å². The molecule has 0 spiro atoms. The first-order valence-corrected chi connectivity index (χ1v) is 5.46. The predicted octanol–water partition coefficient (Wildman–Crippen LogP) is 2.99. The lowest BCUT2D eigenvalue weighted by Gasteiger charge is -1.91. The largest absolute Gasteiger partial charge is 0.295 e. The van der Waals surface area contributed by atoms with E-state index in [2.05, 4.69) is 18.0 Å². The van der Waals surface area contributed by atoms with Crippen molar-refractivity contribution in [3.63, 3.8) is 0 Å². The fourth-order valence-electron chi connectivity index (χ4n) is 1.11. The zero-order valence-electron chi connectivity index (χ0n) is 6.98. The van der Waals surface area contributed by atoms with Gasteiger partial charge in [0.25, 0.3) is 0 Å². The molecule has 0 radical (unpaired) electrons. The van der Waals surface area contributed by atoms with Crippen LogP contribution in [0.4, 0.5) is 0 Å². The van der Waals surface area contributed by atoms with Crippen molar-refractivity contribution in [2.24, 2.45) is 0 Å². The molecule has 2 nitrogen and oxygen atoms in total. The minimum absolute atomic E-state index is 0.542. The van der Waals surface area contributed by atoms with Crippen LogP contribution < -0.4 is 0 Å². The molecule has 0 N–H and O–H groups in total. The minimum Gasteiger partial charge on any atom is -0.295 e. The van der Waals surface area contributed by atoms with Crippen molar-refractivity contribution in [3.05, 3.63) is 27.5 Å². The zero-order valence-corrected chi connectivity index (χ0v) is 8.61. The quantitative estimate of drug-likeness (QED) is 0.712. The van der Waals surface area contributed by atoms with Gasteiger partial charge in [0.2, 0.25) is 0 Å². The van der Waals surface area contributed by atoms with Crippen LogP contribution in [-0.2, 0) is 0 Å². The third kappa shape index (κ3) is 1.55. The Morgan fingerprint density at radius 3 is 2.92 bits per heavy atom. The van der Waals surface area contributed by atoms with Gasteiger partial charge in [0, 0.05) is 16.6 Å². The second-order valence-corrected chi connectivity index (χ2v) is 4.75. The Bertz CT molecular complexity index is 430. The highest BCUT2D eigenvalue weighted by Crippen LogP contribution is 2.31. The summed E-state index contributed by atoms with van der Waals surface area (Å²) in [5.41, 5.74) is 1.19. The van der Waals surface area contributed by atoms with E-state index in [9.17, 15) is 4.79 Å². The van der Waals surface area contributed by atoms with Gasteiger partial charge in [-0.25, -0.2) is 4.98 Å². The Kier molecular flexibility index (Phi) is 2.24. The van der Waals surface area contributed by atoms with E-state index in [1.165, 1.54) is 21.8 Å². The van der Waals surface area contributed by atoms with E-state index in [1.54, 1.807) is 17.5 Å². The highest BCUT2D eigenvalue weighted by Gasteiger charge is 2.06. The second kappa shape index (κ2) is 3.40. The molecule has 13 heavy (non-hydrogen) atoms. The molecule has 0 bridgehead atoms. The van der Waals surface area contributed by atoms with Gasteiger partial charge in [0.1, 0.15) is 0 Å². The number of hydrogen-bond donors (Lipinski definition) is 0. The van der Waals surface area contributed by atoms with Gasteiger partial charge in [-0.05, 0) is 18.4 Å². The van der Waals surface area contributed by atoms with E-state index in [0.29, 0.717) is 5.01 Å². The third-order valence-electron chi connectivity index (χ3n) is 1.75. The number of carbonyl (C=O) groups excluding carboxylic acids is 1. The SMILES string of the molecule is Cc1sccc1-c1cnc(C=O)s1. The molecule has 4 heteroatoms. The van der Waals surface area contributed by atoms with Crippen LogP contribution in [0.3, 0.4) is 0 Å². The van der Waals surface area contributed by atoms with Crippen molar-refractivity contribution in [2.75, 3.05) is 0 Å². The number of hydrogen-bond acceptors (Lipinski definition) is 4.